The molecule has 0 saturated carbocycles. The molecule has 0 bridgehead atoms. The first kappa shape index (κ1) is 19.4. The molecule has 1 amide bonds. The van der Waals surface area contributed by atoms with E-state index in [0.29, 0.717) is 18.7 Å². The average Bonchev–Trinajstić information content (AvgIpc) is 3.31. The van der Waals surface area contributed by atoms with Gasteiger partial charge in [-0.2, -0.15) is 0 Å². The number of aliphatic hydroxyl groups excluding tert-OH is 1. The second kappa shape index (κ2) is 8.21. The number of ether oxygens (including phenoxy) is 1. The normalized spacial score (nSPS) is 29.6. The van der Waals surface area contributed by atoms with Gasteiger partial charge < -0.3 is 14.7 Å². The number of benzene rings is 1. The summed E-state index contributed by atoms with van der Waals surface area (Å²) in [4.78, 5) is 27.5. The molecule has 4 rings (SSSR count). The van der Waals surface area contributed by atoms with Crippen LogP contribution in [0.4, 0.5) is 0 Å². The molecule has 2 fully saturated rings. The topological polar surface area (TPSA) is 66.8 Å². The van der Waals surface area contributed by atoms with Crippen LogP contribution in [-0.2, 0) is 14.3 Å². The second-order valence-electron chi connectivity index (χ2n) is 7.68. The molecule has 2 heterocycles. The summed E-state index contributed by atoms with van der Waals surface area (Å²) in [5, 5.41) is 11.0. The Morgan fingerprint density at radius 3 is 2.61 bits per heavy atom. The Hall–Kier alpha value is -1.92. The molecule has 148 valence electrons. The van der Waals surface area contributed by atoms with E-state index < -0.39 is 17.7 Å². The molecule has 2 saturated heterocycles. The van der Waals surface area contributed by atoms with E-state index in [-0.39, 0.29) is 23.4 Å². The smallest absolute Gasteiger partial charge is 0.295 e. The lowest BCUT2D eigenvalue weighted by atomic mass is 9.83. The molecule has 2 aliphatic heterocycles. The van der Waals surface area contributed by atoms with E-state index in [2.05, 4.69) is 28.1 Å². The minimum absolute atomic E-state index is 0.0347. The van der Waals surface area contributed by atoms with Gasteiger partial charge in [-0.05, 0) is 50.2 Å². The Bertz CT molecular complexity index is 823. The van der Waals surface area contributed by atoms with Crippen LogP contribution in [0.3, 0.4) is 0 Å². The number of carbonyl (C=O) groups excluding carboxylic acids is 2. The van der Waals surface area contributed by atoms with Gasteiger partial charge in [0.05, 0.1) is 17.7 Å². The first-order valence-corrected chi connectivity index (χ1v) is 10.7. The molecular formula is C22H24BrNO4. The number of carbonyl (C=O) groups is 2. The molecule has 3 atom stereocenters. The average molecular weight is 446 g/mol. The van der Waals surface area contributed by atoms with Gasteiger partial charge in [-0.1, -0.05) is 40.2 Å². The molecule has 3 unspecified atom stereocenters. The van der Waals surface area contributed by atoms with Crippen LogP contribution in [0.5, 0.6) is 0 Å². The van der Waals surface area contributed by atoms with Gasteiger partial charge in [-0.15, -0.1) is 0 Å². The predicted octanol–water partition coefficient (Wildman–Crippen LogP) is 4.03. The maximum Gasteiger partial charge on any atom is 0.295 e. The highest BCUT2D eigenvalue weighted by Gasteiger charge is 2.49. The molecule has 1 aromatic rings. The summed E-state index contributed by atoms with van der Waals surface area (Å²) in [6, 6.07) is 6.74. The van der Waals surface area contributed by atoms with Crippen LogP contribution in [0.25, 0.3) is 5.76 Å². The van der Waals surface area contributed by atoms with Gasteiger partial charge in [0.15, 0.2) is 0 Å². The Labute approximate surface area is 173 Å². The first-order chi connectivity index (χ1) is 13.6. The van der Waals surface area contributed by atoms with Crippen LogP contribution < -0.4 is 0 Å². The maximum absolute atomic E-state index is 12.9. The number of halogens is 1. The lowest BCUT2D eigenvalue weighted by Gasteiger charge is -2.33. The summed E-state index contributed by atoms with van der Waals surface area (Å²) >= 11 is 3.38. The summed E-state index contributed by atoms with van der Waals surface area (Å²) in [7, 11) is 0. The van der Waals surface area contributed by atoms with Gasteiger partial charge >= 0.3 is 0 Å². The van der Waals surface area contributed by atoms with Crippen molar-refractivity contribution in [1.82, 2.24) is 4.90 Å². The number of amides is 1. The lowest BCUT2D eigenvalue weighted by Crippen LogP contribution is -2.43. The highest BCUT2D eigenvalue weighted by molar-refractivity contribution is 9.10. The number of ketones is 1. The molecule has 1 N–H and O–H groups in total. The molecule has 0 radical (unpaired) electrons. The number of hydrogen-bond acceptors (Lipinski definition) is 4. The van der Waals surface area contributed by atoms with Crippen LogP contribution in [0.15, 0.2) is 46.5 Å². The quantitative estimate of drug-likeness (QED) is 0.328. The predicted molar refractivity (Wildman–Crippen MR) is 110 cm³/mol. The molecule has 3 aliphatic rings. The Morgan fingerprint density at radius 2 is 1.96 bits per heavy atom. The number of rotatable bonds is 4. The van der Waals surface area contributed by atoms with Crippen LogP contribution in [0.1, 0.15) is 37.7 Å². The highest BCUT2D eigenvalue weighted by Crippen LogP contribution is 2.38. The number of hydrogen-bond donors (Lipinski definition) is 1. The fourth-order valence-corrected chi connectivity index (χ4v) is 4.74. The van der Waals surface area contributed by atoms with Crippen molar-refractivity contribution in [3.05, 3.63) is 52.0 Å². The zero-order valence-electron chi connectivity index (χ0n) is 15.6. The number of Topliss-reactive ketones (excluding diaryl/α,β-unsaturated/α-hetero) is 1. The van der Waals surface area contributed by atoms with E-state index in [9.17, 15) is 14.7 Å². The molecule has 0 aromatic heterocycles. The summed E-state index contributed by atoms with van der Waals surface area (Å²) in [6.45, 7) is 1.11. The van der Waals surface area contributed by atoms with E-state index >= 15 is 0 Å². The number of nitrogens with zero attached hydrogens (tertiary/aromatic N) is 1. The van der Waals surface area contributed by atoms with E-state index in [0.717, 1.165) is 36.6 Å². The van der Waals surface area contributed by atoms with Crippen LogP contribution >= 0.6 is 15.9 Å². The minimum Gasteiger partial charge on any atom is -0.507 e. The highest BCUT2D eigenvalue weighted by atomic mass is 79.9. The Morgan fingerprint density at radius 1 is 1.18 bits per heavy atom. The molecular weight excluding hydrogens is 422 g/mol. The fraction of sp³-hybridized carbons (Fsp3) is 0.455. The molecule has 28 heavy (non-hydrogen) atoms. The van der Waals surface area contributed by atoms with Crippen molar-refractivity contribution in [3.63, 3.8) is 0 Å². The van der Waals surface area contributed by atoms with Gasteiger partial charge in [0.1, 0.15) is 5.76 Å². The minimum atomic E-state index is -0.585. The van der Waals surface area contributed by atoms with Crippen molar-refractivity contribution < 1.29 is 19.4 Å². The van der Waals surface area contributed by atoms with E-state index in [1.807, 2.05) is 12.1 Å². The maximum atomic E-state index is 12.9. The summed E-state index contributed by atoms with van der Waals surface area (Å²) in [6.07, 6.45) is 8.69. The SMILES string of the molecule is O=C1C(=O)N(CC2CCCO2)C(C2CC=CCC2)C1=C(O)c1ccc(Br)cc1. The van der Waals surface area contributed by atoms with Crippen molar-refractivity contribution in [2.75, 3.05) is 13.2 Å². The van der Waals surface area contributed by atoms with Crippen molar-refractivity contribution in [3.8, 4) is 0 Å². The number of aliphatic hydroxyl groups is 1. The first-order valence-electron chi connectivity index (χ1n) is 9.87. The number of allylic oxidation sites excluding steroid dienone is 2. The summed E-state index contributed by atoms with van der Waals surface area (Å²) in [5.74, 6) is -1.07. The van der Waals surface area contributed by atoms with Crippen LogP contribution in [0.2, 0.25) is 0 Å². The zero-order valence-corrected chi connectivity index (χ0v) is 17.2. The van der Waals surface area contributed by atoms with Gasteiger partial charge in [0.25, 0.3) is 11.7 Å². The van der Waals surface area contributed by atoms with E-state index in [4.69, 9.17) is 4.74 Å². The van der Waals surface area contributed by atoms with Crippen molar-refractivity contribution in [2.45, 2.75) is 44.2 Å². The van der Waals surface area contributed by atoms with E-state index in [1.165, 1.54) is 0 Å². The molecule has 1 aromatic carbocycles. The molecule has 1 aliphatic carbocycles. The second-order valence-corrected chi connectivity index (χ2v) is 8.60. The van der Waals surface area contributed by atoms with Crippen molar-refractivity contribution >= 4 is 33.4 Å². The third-order valence-corrected chi connectivity index (χ3v) is 6.41. The molecule has 6 heteroatoms. The van der Waals surface area contributed by atoms with Crippen LogP contribution in [0, 0.1) is 5.92 Å². The van der Waals surface area contributed by atoms with E-state index in [1.54, 1.807) is 17.0 Å². The Kier molecular flexibility index (Phi) is 5.69. The van der Waals surface area contributed by atoms with Crippen LogP contribution in [-0.4, -0.2) is 47.0 Å². The third-order valence-electron chi connectivity index (χ3n) is 5.88. The third kappa shape index (κ3) is 3.67. The molecule has 0 spiro atoms. The summed E-state index contributed by atoms with van der Waals surface area (Å²) < 4.78 is 6.61. The largest absolute Gasteiger partial charge is 0.507 e. The summed E-state index contributed by atoms with van der Waals surface area (Å²) in [5.41, 5.74) is 0.792. The van der Waals surface area contributed by atoms with Gasteiger partial charge in [0, 0.05) is 23.2 Å². The fourth-order valence-electron chi connectivity index (χ4n) is 4.47. The molecule has 5 nitrogen and oxygen atoms in total. The standard InChI is InChI=1S/C22H24BrNO4/c23-16-10-8-15(9-11-16)20(25)18-19(14-5-2-1-3-6-14)24(22(27)21(18)26)13-17-7-4-12-28-17/h1-2,8-11,14,17,19,25H,3-7,12-13H2. The number of likely N-dealkylation sites (tertiary alicyclic amines) is 1. The van der Waals surface area contributed by atoms with Gasteiger partial charge in [-0.25, -0.2) is 0 Å². The lowest BCUT2D eigenvalue weighted by molar-refractivity contribution is -0.141. The van der Waals surface area contributed by atoms with Gasteiger partial charge in [0.2, 0.25) is 0 Å². The Balaban J connectivity index is 1.74. The zero-order chi connectivity index (χ0) is 19.7. The van der Waals surface area contributed by atoms with Gasteiger partial charge in [-0.3, -0.25) is 9.59 Å². The van der Waals surface area contributed by atoms with Crippen molar-refractivity contribution in [1.29, 1.82) is 0 Å². The van der Waals surface area contributed by atoms with Crippen molar-refractivity contribution in [2.24, 2.45) is 5.92 Å². The monoisotopic (exact) mass is 445 g/mol.